The monoisotopic (exact) mass is 259 g/mol. The van der Waals surface area contributed by atoms with Crippen LogP contribution >= 0.6 is 0 Å². The van der Waals surface area contributed by atoms with Gasteiger partial charge in [0, 0.05) is 31.7 Å². The van der Waals surface area contributed by atoms with Crippen molar-refractivity contribution in [2.75, 3.05) is 6.54 Å². The van der Waals surface area contributed by atoms with Gasteiger partial charge in [-0.25, -0.2) is 9.37 Å². The maximum absolute atomic E-state index is 13.1. The molecule has 0 aliphatic carbocycles. The van der Waals surface area contributed by atoms with Gasteiger partial charge in [-0.2, -0.15) is 0 Å². The normalized spacial score (nSPS) is 14.4. The fourth-order valence-electron chi connectivity index (χ4n) is 2.67. The maximum atomic E-state index is 13.1. The minimum Gasteiger partial charge on any atom is -0.334 e. The Morgan fingerprint density at radius 2 is 2.32 bits per heavy atom. The van der Waals surface area contributed by atoms with Crippen molar-refractivity contribution in [3.05, 3.63) is 52.9 Å². The molecule has 2 heterocycles. The molecule has 0 fully saturated rings. The first kappa shape index (κ1) is 12.4. The number of imidazole rings is 1. The van der Waals surface area contributed by atoms with Crippen molar-refractivity contribution in [1.82, 2.24) is 14.9 Å². The van der Waals surface area contributed by atoms with E-state index >= 15 is 0 Å². The molecule has 3 nitrogen and oxygen atoms in total. The molecule has 1 N–H and O–H groups in total. The number of hydrogen-bond donors (Lipinski definition) is 1. The molecule has 1 aliphatic rings. The Bertz CT molecular complexity index is 589. The van der Waals surface area contributed by atoms with Crippen molar-refractivity contribution in [1.29, 1.82) is 0 Å². The van der Waals surface area contributed by atoms with Gasteiger partial charge in [0.25, 0.3) is 0 Å². The van der Waals surface area contributed by atoms with Gasteiger partial charge >= 0.3 is 0 Å². The molecule has 0 radical (unpaired) electrons. The van der Waals surface area contributed by atoms with Crippen LogP contribution in [0, 0.1) is 12.7 Å². The van der Waals surface area contributed by atoms with Gasteiger partial charge in [0.2, 0.25) is 0 Å². The van der Waals surface area contributed by atoms with Crippen LogP contribution in [-0.2, 0) is 25.9 Å². The molecule has 0 spiro atoms. The van der Waals surface area contributed by atoms with E-state index in [1.165, 1.54) is 23.0 Å². The summed E-state index contributed by atoms with van der Waals surface area (Å²) in [6, 6.07) is 5.02. The number of fused-ring (bicyclic) bond motifs is 1. The second kappa shape index (κ2) is 5.13. The summed E-state index contributed by atoms with van der Waals surface area (Å²) in [4.78, 5) is 4.45. The highest BCUT2D eigenvalue weighted by Gasteiger charge is 2.14. The van der Waals surface area contributed by atoms with E-state index in [4.69, 9.17) is 0 Å². The molecule has 1 aromatic heterocycles. The predicted octanol–water partition coefficient (Wildman–Crippen LogP) is 2.22. The summed E-state index contributed by atoms with van der Waals surface area (Å²) >= 11 is 0. The quantitative estimate of drug-likeness (QED) is 0.916. The Balaban J connectivity index is 1.74. The van der Waals surface area contributed by atoms with E-state index < -0.39 is 0 Å². The van der Waals surface area contributed by atoms with Crippen LogP contribution in [0.2, 0.25) is 0 Å². The lowest BCUT2D eigenvalue weighted by molar-refractivity contribution is 0.584. The van der Waals surface area contributed by atoms with Crippen molar-refractivity contribution in [3.8, 4) is 0 Å². The fraction of sp³-hybridized carbons (Fsp3) is 0.400. The highest BCUT2D eigenvalue weighted by molar-refractivity contribution is 5.27. The lowest BCUT2D eigenvalue weighted by atomic mass is 10.1. The second-order valence-electron chi connectivity index (χ2n) is 5.08. The van der Waals surface area contributed by atoms with Crippen molar-refractivity contribution in [2.24, 2.45) is 0 Å². The van der Waals surface area contributed by atoms with E-state index in [1.54, 1.807) is 6.07 Å². The summed E-state index contributed by atoms with van der Waals surface area (Å²) in [7, 11) is 0. The van der Waals surface area contributed by atoms with E-state index in [2.05, 4.69) is 14.9 Å². The first-order chi connectivity index (χ1) is 9.24. The van der Waals surface area contributed by atoms with Crippen molar-refractivity contribution in [2.45, 2.75) is 32.9 Å². The minimum atomic E-state index is -0.160. The van der Waals surface area contributed by atoms with Crippen LogP contribution in [0.15, 0.2) is 24.5 Å². The molecule has 0 saturated carbocycles. The van der Waals surface area contributed by atoms with Gasteiger partial charge in [-0.05, 0) is 36.6 Å². The highest BCUT2D eigenvalue weighted by atomic mass is 19.1. The van der Waals surface area contributed by atoms with Gasteiger partial charge in [-0.3, -0.25) is 0 Å². The number of nitrogens with zero attached hydrogens (tertiary/aromatic N) is 2. The zero-order valence-electron chi connectivity index (χ0n) is 11.1. The zero-order chi connectivity index (χ0) is 13.2. The van der Waals surface area contributed by atoms with Crippen LogP contribution in [-0.4, -0.2) is 16.1 Å². The second-order valence-corrected chi connectivity index (χ2v) is 5.08. The van der Waals surface area contributed by atoms with Crippen LogP contribution in [0.5, 0.6) is 0 Å². The predicted molar refractivity (Wildman–Crippen MR) is 72.5 cm³/mol. The van der Waals surface area contributed by atoms with Crippen LogP contribution in [0.4, 0.5) is 4.39 Å². The molecule has 2 aromatic rings. The first-order valence-corrected chi connectivity index (χ1v) is 6.72. The molecule has 0 atom stereocenters. The van der Waals surface area contributed by atoms with E-state index in [0.29, 0.717) is 0 Å². The molecule has 0 saturated heterocycles. The zero-order valence-corrected chi connectivity index (χ0v) is 11.1. The van der Waals surface area contributed by atoms with Crippen LogP contribution in [0.3, 0.4) is 0 Å². The average Bonchev–Trinajstić information content (AvgIpc) is 2.81. The van der Waals surface area contributed by atoms with E-state index in [9.17, 15) is 4.39 Å². The Kier molecular flexibility index (Phi) is 3.34. The molecule has 19 heavy (non-hydrogen) atoms. The van der Waals surface area contributed by atoms with Crippen LogP contribution < -0.4 is 5.32 Å². The first-order valence-electron chi connectivity index (χ1n) is 6.72. The van der Waals surface area contributed by atoms with Crippen molar-refractivity contribution < 1.29 is 4.39 Å². The molecule has 4 heteroatoms. The molecule has 1 aromatic carbocycles. The molecule has 0 unspecified atom stereocenters. The number of benzene rings is 1. The number of aryl methyl sites for hydroxylation is 3. The third kappa shape index (κ3) is 2.54. The topological polar surface area (TPSA) is 29.9 Å². The van der Waals surface area contributed by atoms with Gasteiger partial charge < -0.3 is 9.88 Å². The van der Waals surface area contributed by atoms with Gasteiger partial charge in [-0.15, -0.1) is 0 Å². The van der Waals surface area contributed by atoms with Crippen molar-refractivity contribution >= 4 is 0 Å². The highest BCUT2D eigenvalue weighted by Crippen LogP contribution is 2.15. The van der Waals surface area contributed by atoms with Crippen LogP contribution in [0.25, 0.3) is 0 Å². The number of aromatic nitrogens is 2. The van der Waals surface area contributed by atoms with Gasteiger partial charge in [-0.1, -0.05) is 6.07 Å². The number of nitrogens with one attached hydrogen (secondary N) is 1. The third-order valence-electron chi connectivity index (χ3n) is 3.79. The van der Waals surface area contributed by atoms with Crippen molar-refractivity contribution in [3.63, 3.8) is 0 Å². The fourth-order valence-corrected chi connectivity index (χ4v) is 2.67. The SMILES string of the molecule is Cc1cc(F)ccc1CCn1cnc2c1CCNC2. The molecule has 3 rings (SSSR count). The molecular weight excluding hydrogens is 241 g/mol. The lowest BCUT2D eigenvalue weighted by Crippen LogP contribution is -2.25. The van der Waals surface area contributed by atoms with E-state index in [-0.39, 0.29) is 5.82 Å². The molecule has 0 amide bonds. The third-order valence-corrected chi connectivity index (χ3v) is 3.79. The van der Waals surface area contributed by atoms with Crippen LogP contribution in [0.1, 0.15) is 22.5 Å². The summed E-state index contributed by atoms with van der Waals surface area (Å²) in [5.41, 5.74) is 4.74. The Labute approximate surface area is 112 Å². The minimum absolute atomic E-state index is 0.160. The number of hydrogen-bond acceptors (Lipinski definition) is 2. The van der Waals surface area contributed by atoms with E-state index in [0.717, 1.165) is 38.0 Å². The molecule has 0 bridgehead atoms. The number of rotatable bonds is 3. The summed E-state index contributed by atoms with van der Waals surface area (Å²) < 4.78 is 15.3. The maximum Gasteiger partial charge on any atom is 0.123 e. The van der Waals surface area contributed by atoms with Gasteiger partial charge in [0.1, 0.15) is 5.82 Å². The standard InChI is InChI=1S/C15H18FN3/c1-11-8-13(16)3-2-12(11)5-7-19-10-18-14-9-17-6-4-15(14)19/h2-3,8,10,17H,4-7,9H2,1H3. The lowest BCUT2D eigenvalue weighted by Gasteiger charge is -2.15. The smallest absolute Gasteiger partial charge is 0.123 e. The van der Waals surface area contributed by atoms with Gasteiger partial charge in [0.15, 0.2) is 0 Å². The summed E-state index contributed by atoms with van der Waals surface area (Å²) in [6.45, 7) is 4.77. The van der Waals surface area contributed by atoms with Gasteiger partial charge in [0.05, 0.1) is 12.0 Å². The summed E-state index contributed by atoms with van der Waals surface area (Å²) in [5.74, 6) is -0.160. The molecule has 1 aliphatic heterocycles. The average molecular weight is 259 g/mol. The Morgan fingerprint density at radius 3 is 3.16 bits per heavy atom. The molecule has 100 valence electrons. The summed E-state index contributed by atoms with van der Waals surface area (Å²) in [6.07, 6.45) is 3.89. The Hall–Kier alpha value is -1.68. The Morgan fingerprint density at radius 1 is 1.42 bits per heavy atom. The largest absolute Gasteiger partial charge is 0.334 e. The molecular formula is C15H18FN3. The summed E-state index contributed by atoms with van der Waals surface area (Å²) in [5, 5.41) is 3.33. The van der Waals surface area contributed by atoms with E-state index in [1.807, 2.05) is 19.3 Å². The number of halogens is 1.